The standard InChI is InChI=1S/C78H56N4/c1-53-33-39-61(40-34-53)81-75-30-11-9-25-70(75)72-51-65(45-47-77(72)81)79(63-23-13-21-58(49-63)55-17-5-3-6-18-55)60-43-37-57(38-44-60)67-27-15-29-69-68(67)28-16-32-74(69)80(64-24-14-22-59(50-64)56-19-7-4-8-20-56)66-46-48-78-73(52-66)71-26-10-12-31-76(71)82(78)62-41-35-54(2)36-42-62/h3-52H,1-2H3. The number of fused-ring (bicyclic) bond motifs is 7. The van der Waals surface area contributed by atoms with Crippen molar-refractivity contribution in [3.05, 3.63) is 314 Å². The van der Waals surface area contributed by atoms with Crippen molar-refractivity contribution in [1.82, 2.24) is 9.13 Å². The molecule has 0 aliphatic carbocycles. The van der Waals surface area contributed by atoms with Gasteiger partial charge in [-0.1, -0.05) is 199 Å². The van der Waals surface area contributed by atoms with E-state index in [1.54, 1.807) is 0 Å². The zero-order valence-corrected chi connectivity index (χ0v) is 45.7. The molecule has 0 spiro atoms. The lowest BCUT2D eigenvalue weighted by Gasteiger charge is -2.28. The van der Waals surface area contributed by atoms with Crippen molar-refractivity contribution in [2.75, 3.05) is 9.80 Å². The Hall–Kier alpha value is -10.7. The molecule has 0 fully saturated rings. The van der Waals surface area contributed by atoms with E-state index in [2.05, 4.69) is 336 Å². The third kappa shape index (κ3) is 8.48. The summed E-state index contributed by atoms with van der Waals surface area (Å²) in [4.78, 5) is 4.86. The zero-order chi connectivity index (χ0) is 54.7. The van der Waals surface area contributed by atoms with E-state index in [1.165, 1.54) is 76.8 Å². The topological polar surface area (TPSA) is 16.3 Å². The monoisotopic (exact) mass is 1050 g/mol. The van der Waals surface area contributed by atoms with Gasteiger partial charge in [-0.15, -0.1) is 0 Å². The largest absolute Gasteiger partial charge is 0.310 e. The van der Waals surface area contributed by atoms with E-state index in [1.807, 2.05) is 0 Å². The highest BCUT2D eigenvalue weighted by Crippen LogP contribution is 2.46. The predicted octanol–water partition coefficient (Wildman–Crippen LogP) is 21.6. The maximum atomic E-state index is 2.45. The van der Waals surface area contributed by atoms with Crippen LogP contribution in [-0.2, 0) is 0 Å². The Kier molecular flexibility index (Phi) is 11.9. The second kappa shape index (κ2) is 20.2. The Bertz CT molecular complexity index is 4860. The quantitative estimate of drug-likeness (QED) is 0.128. The molecule has 4 nitrogen and oxygen atoms in total. The van der Waals surface area contributed by atoms with E-state index >= 15 is 0 Å². The van der Waals surface area contributed by atoms with E-state index in [-0.39, 0.29) is 0 Å². The van der Waals surface area contributed by atoms with Crippen molar-refractivity contribution in [2.24, 2.45) is 0 Å². The van der Waals surface area contributed by atoms with E-state index in [4.69, 9.17) is 0 Å². The van der Waals surface area contributed by atoms with Crippen LogP contribution < -0.4 is 9.80 Å². The minimum atomic E-state index is 1.07. The van der Waals surface area contributed by atoms with Crippen LogP contribution in [0.5, 0.6) is 0 Å². The van der Waals surface area contributed by atoms with Gasteiger partial charge in [0, 0.05) is 66.7 Å². The first-order valence-electron chi connectivity index (χ1n) is 28.2. The van der Waals surface area contributed by atoms with Gasteiger partial charge in [0.05, 0.1) is 27.8 Å². The lowest BCUT2D eigenvalue weighted by molar-refractivity contribution is 1.17. The number of para-hydroxylation sites is 2. The lowest BCUT2D eigenvalue weighted by Crippen LogP contribution is -2.11. The molecule has 0 saturated heterocycles. The van der Waals surface area contributed by atoms with Gasteiger partial charge in [-0.3, -0.25) is 0 Å². The summed E-state index contributed by atoms with van der Waals surface area (Å²) < 4.78 is 4.79. The number of nitrogens with zero attached hydrogens (tertiary/aromatic N) is 4. The summed E-state index contributed by atoms with van der Waals surface area (Å²) in [5.74, 6) is 0. The molecular formula is C78H56N4. The molecule has 0 N–H and O–H groups in total. The van der Waals surface area contributed by atoms with Gasteiger partial charge in [0.15, 0.2) is 0 Å². The highest BCUT2D eigenvalue weighted by Gasteiger charge is 2.22. The predicted molar refractivity (Wildman–Crippen MR) is 348 cm³/mol. The van der Waals surface area contributed by atoms with Crippen molar-refractivity contribution in [1.29, 1.82) is 0 Å². The molecular weight excluding hydrogens is 993 g/mol. The molecule has 0 aliphatic rings. The third-order valence-corrected chi connectivity index (χ3v) is 16.4. The lowest BCUT2D eigenvalue weighted by atomic mass is 9.96. The summed E-state index contributed by atoms with van der Waals surface area (Å²) in [5.41, 5.74) is 23.0. The maximum absolute atomic E-state index is 2.45. The Morgan fingerprint density at radius 3 is 1.18 bits per heavy atom. The van der Waals surface area contributed by atoms with Gasteiger partial charge < -0.3 is 18.9 Å². The van der Waals surface area contributed by atoms with Gasteiger partial charge in [-0.05, 0) is 168 Å². The Balaban J connectivity index is 0.868. The van der Waals surface area contributed by atoms with Gasteiger partial charge in [0.25, 0.3) is 0 Å². The van der Waals surface area contributed by atoms with Gasteiger partial charge >= 0.3 is 0 Å². The Morgan fingerprint density at radius 1 is 0.232 bits per heavy atom. The molecule has 0 radical (unpaired) electrons. The number of hydrogen-bond acceptors (Lipinski definition) is 2. The summed E-state index contributed by atoms with van der Waals surface area (Å²) in [6.07, 6.45) is 0. The van der Waals surface area contributed by atoms with E-state index < -0.39 is 0 Å². The number of benzene rings is 13. The normalized spacial score (nSPS) is 11.5. The number of aryl methyl sites for hydroxylation is 2. The van der Waals surface area contributed by atoms with Crippen LogP contribution >= 0.6 is 0 Å². The van der Waals surface area contributed by atoms with Gasteiger partial charge in [-0.25, -0.2) is 0 Å². The average molecular weight is 1050 g/mol. The Morgan fingerprint density at radius 2 is 0.634 bits per heavy atom. The highest BCUT2D eigenvalue weighted by atomic mass is 15.2. The van der Waals surface area contributed by atoms with E-state index in [0.717, 1.165) is 67.6 Å². The second-order valence-electron chi connectivity index (χ2n) is 21.5. The molecule has 15 aromatic rings. The minimum absolute atomic E-state index is 1.07. The summed E-state index contributed by atoms with van der Waals surface area (Å²) in [5, 5.41) is 7.18. The number of rotatable bonds is 11. The van der Waals surface area contributed by atoms with Crippen LogP contribution in [0.4, 0.5) is 34.1 Å². The fraction of sp³-hybridized carbons (Fsp3) is 0.0256. The summed E-state index contributed by atoms with van der Waals surface area (Å²) in [6, 6.07) is 111. The Labute approximate surface area is 477 Å². The van der Waals surface area contributed by atoms with Crippen molar-refractivity contribution in [3.8, 4) is 44.8 Å². The van der Waals surface area contributed by atoms with Crippen molar-refractivity contribution in [3.63, 3.8) is 0 Å². The third-order valence-electron chi connectivity index (χ3n) is 16.4. The molecule has 0 aliphatic heterocycles. The van der Waals surface area contributed by atoms with Crippen molar-refractivity contribution >= 4 is 88.5 Å². The van der Waals surface area contributed by atoms with Crippen molar-refractivity contribution in [2.45, 2.75) is 13.8 Å². The summed E-state index contributed by atoms with van der Waals surface area (Å²) in [6.45, 7) is 4.29. The maximum Gasteiger partial charge on any atom is 0.0542 e. The molecule has 4 heteroatoms. The molecule has 82 heavy (non-hydrogen) atoms. The van der Waals surface area contributed by atoms with Gasteiger partial charge in [0.1, 0.15) is 0 Å². The van der Waals surface area contributed by atoms with Gasteiger partial charge in [0.2, 0.25) is 0 Å². The van der Waals surface area contributed by atoms with Crippen LogP contribution in [0.15, 0.2) is 303 Å². The number of anilines is 6. The molecule has 2 aromatic heterocycles. The molecule has 13 aromatic carbocycles. The first-order valence-corrected chi connectivity index (χ1v) is 28.2. The van der Waals surface area contributed by atoms with Crippen LogP contribution in [0.2, 0.25) is 0 Å². The van der Waals surface area contributed by atoms with Crippen LogP contribution in [0.3, 0.4) is 0 Å². The van der Waals surface area contributed by atoms with Gasteiger partial charge in [-0.2, -0.15) is 0 Å². The first kappa shape index (κ1) is 48.4. The molecule has 2 heterocycles. The number of aromatic nitrogens is 2. The second-order valence-corrected chi connectivity index (χ2v) is 21.5. The number of hydrogen-bond donors (Lipinski definition) is 0. The van der Waals surface area contributed by atoms with Crippen LogP contribution in [0.1, 0.15) is 11.1 Å². The van der Waals surface area contributed by atoms with Crippen LogP contribution in [0, 0.1) is 13.8 Å². The summed E-state index contributed by atoms with van der Waals surface area (Å²) >= 11 is 0. The highest BCUT2D eigenvalue weighted by molar-refractivity contribution is 6.13. The smallest absolute Gasteiger partial charge is 0.0542 e. The van der Waals surface area contributed by atoms with E-state index in [9.17, 15) is 0 Å². The fourth-order valence-electron chi connectivity index (χ4n) is 12.5. The first-order chi connectivity index (χ1) is 40.5. The molecule has 0 bridgehead atoms. The molecule has 15 rings (SSSR count). The fourth-order valence-corrected chi connectivity index (χ4v) is 12.5. The van der Waals surface area contributed by atoms with Crippen LogP contribution in [0.25, 0.3) is 99.1 Å². The SMILES string of the molecule is Cc1ccc(-n2c3ccccc3c3cc(N(c4ccc(-c5cccc6c(N(c7cccc(-c8ccccc8)c7)c7ccc8c(c7)c7ccccc7n8-c7ccc(C)cc7)cccc56)cc4)c4cccc(-c5ccccc5)c4)ccc32)cc1. The molecule has 0 saturated carbocycles. The minimum Gasteiger partial charge on any atom is -0.310 e. The van der Waals surface area contributed by atoms with Crippen LogP contribution in [-0.4, -0.2) is 9.13 Å². The van der Waals surface area contributed by atoms with E-state index in [0.29, 0.717) is 0 Å². The summed E-state index contributed by atoms with van der Waals surface area (Å²) in [7, 11) is 0. The molecule has 388 valence electrons. The zero-order valence-electron chi connectivity index (χ0n) is 45.7. The average Bonchev–Trinajstić information content (AvgIpc) is 3.53. The van der Waals surface area contributed by atoms with Crippen molar-refractivity contribution < 1.29 is 0 Å². The molecule has 0 unspecified atom stereocenters. The molecule has 0 atom stereocenters. The molecule has 0 amide bonds.